The molecular formula is C28H41FN2O3. The maximum absolute atomic E-state index is 13.3. The van der Waals surface area contributed by atoms with Gasteiger partial charge in [0, 0.05) is 19.5 Å². The van der Waals surface area contributed by atoms with Crippen LogP contribution in [0.1, 0.15) is 88.7 Å². The Morgan fingerprint density at radius 1 is 0.794 bits per heavy atom. The zero-order valence-electron chi connectivity index (χ0n) is 21.2. The van der Waals surface area contributed by atoms with Crippen molar-refractivity contribution < 1.29 is 18.4 Å². The first-order valence-electron chi connectivity index (χ1n) is 12.8. The number of amides is 2. The van der Waals surface area contributed by atoms with E-state index in [0.29, 0.717) is 31.8 Å². The van der Waals surface area contributed by atoms with Gasteiger partial charge >= 0.3 is 0 Å². The lowest BCUT2D eigenvalue weighted by Gasteiger charge is -2.27. The van der Waals surface area contributed by atoms with E-state index in [4.69, 9.17) is 4.42 Å². The van der Waals surface area contributed by atoms with E-state index in [0.717, 1.165) is 37.0 Å². The van der Waals surface area contributed by atoms with Crippen LogP contribution >= 0.6 is 0 Å². The van der Waals surface area contributed by atoms with E-state index < -0.39 is 0 Å². The van der Waals surface area contributed by atoms with Crippen molar-refractivity contribution in [3.8, 4) is 0 Å². The molecule has 0 bridgehead atoms. The molecule has 2 amide bonds. The van der Waals surface area contributed by atoms with Crippen molar-refractivity contribution in [1.82, 2.24) is 9.80 Å². The Balaban J connectivity index is 1.97. The molecule has 0 saturated carbocycles. The SMILES string of the molecule is CCCCCCCCCC(=O)N(CCC)CC(=O)N(Cc1ccc(F)cc1)Cc1ccc(C)o1. The lowest BCUT2D eigenvalue weighted by Crippen LogP contribution is -2.42. The van der Waals surface area contributed by atoms with Gasteiger partial charge in [-0.25, -0.2) is 4.39 Å². The number of nitrogens with zero attached hydrogens (tertiary/aromatic N) is 2. The Morgan fingerprint density at radius 3 is 2.09 bits per heavy atom. The second kappa shape index (κ2) is 15.3. The molecular weight excluding hydrogens is 431 g/mol. The smallest absolute Gasteiger partial charge is 0.242 e. The second-order valence-corrected chi connectivity index (χ2v) is 9.08. The van der Waals surface area contributed by atoms with Crippen LogP contribution in [-0.4, -0.2) is 34.7 Å². The minimum absolute atomic E-state index is 0.0410. The first-order valence-corrected chi connectivity index (χ1v) is 12.8. The molecule has 0 atom stereocenters. The molecule has 1 aromatic carbocycles. The summed E-state index contributed by atoms with van der Waals surface area (Å²) in [6.07, 6.45) is 9.36. The Labute approximate surface area is 204 Å². The van der Waals surface area contributed by atoms with E-state index in [-0.39, 0.29) is 24.2 Å². The van der Waals surface area contributed by atoms with Crippen LogP contribution < -0.4 is 0 Å². The van der Waals surface area contributed by atoms with Crippen LogP contribution in [0.15, 0.2) is 40.8 Å². The van der Waals surface area contributed by atoms with Crippen molar-refractivity contribution in [3.05, 3.63) is 59.3 Å². The van der Waals surface area contributed by atoms with Crippen LogP contribution in [0.5, 0.6) is 0 Å². The molecule has 0 saturated heterocycles. The number of aryl methyl sites for hydroxylation is 1. The molecule has 1 aromatic heterocycles. The molecule has 2 aromatic rings. The summed E-state index contributed by atoms with van der Waals surface area (Å²) in [7, 11) is 0. The zero-order valence-corrected chi connectivity index (χ0v) is 21.2. The van der Waals surface area contributed by atoms with Gasteiger partial charge in [0.2, 0.25) is 11.8 Å². The Hall–Kier alpha value is -2.63. The summed E-state index contributed by atoms with van der Waals surface area (Å²) in [6, 6.07) is 9.87. The average molecular weight is 473 g/mol. The Bertz CT molecular complexity index is 863. The van der Waals surface area contributed by atoms with Crippen molar-refractivity contribution in [3.63, 3.8) is 0 Å². The molecule has 0 aliphatic rings. The van der Waals surface area contributed by atoms with Crippen LogP contribution in [0.3, 0.4) is 0 Å². The van der Waals surface area contributed by atoms with Crippen LogP contribution in [0.25, 0.3) is 0 Å². The van der Waals surface area contributed by atoms with Crippen LogP contribution in [0, 0.1) is 12.7 Å². The summed E-state index contributed by atoms with van der Waals surface area (Å²) < 4.78 is 19.0. The molecule has 1 heterocycles. The highest BCUT2D eigenvalue weighted by Crippen LogP contribution is 2.15. The van der Waals surface area contributed by atoms with Crippen molar-refractivity contribution in [2.75, 3.05) is 13.1 Å². The van der Waals surface area contributed by atoms with Crippen molar-refractivity contribution in [2.24, 2.45) is 0 Å². The average Bonchev–Trinajstić information content (AvgIpc) is 3.23. The van der Waals surface area contributed by atoms with E-state index in [1.807, 2.05) is 26.0 Å². The summed E-state index contributed by atoms with van der Waals surface area (Å²) >= 11 is 0. The van der Waals surface area contributed by atoms with Crippen molar-refractivity contribution in [2.45, 2.75) is 91.6 Å². The molecule has 2 rings (SSSR count). The van der Waals surface area contributed by atoms with Crippen LogP contribution in [0.2, 0.25) is 0 Å². The number of rotatable bonds is 16. The van der Waals surface area contributed by atoms with Crippen molar-refractivity contribution >= 4 is 11.8 Å². The fourth-order valence-corrected chi connectivity index (χ4v) is 4.02. The van der Waals surface area contributed by atoms with Gasteiger partial charge in [-0.15, -0.1) is 0 Å². The fraction of sp³-hybridized carbons (Fsp3) is 0.571. The number of hydrogen-bond acceptors (Lipinski definition) is 3. The van der Waals surface area contributed by atoms with Gasteiger partial charge in [-0.1, -0.05) is 64.5 Å². The van der Waals surface area contributed by atoms with Gasteiger partial charge < -0.3 is 14.2 Å². The predicted octanol–water partition coefficient (Wildman–Crippen LogP) is 6.64. The maximum Gasteiger partial charge on any atom is 0.242 e. The molecule has 5 nitrogen and oxygen atoms in total. The number of unbranched alkanes of at least 4 members (excludes halogenated alkanes) is 6. The minimum atomic E-state index is -0.312. The normalized spacial score (nSPS) is 10.9. The minimum Gasteiger partial charge on any atom is -0.464 e. The largest absolute Gasteiger partial charge is 0.464 e. The number of carbonyl (C=O) groups is 2. The molecule has 0 aliphatic heterocycles. The number of halogens is 1. The molecule has 0 radical (unpaired) electrons. The quantitative estimate of drug-likeness (QED) is 0.258. The molecule has 0 spiro atoms. The van der Waals surface area contributed by atoms with Crippen LogP contribution in [0.4, 0.5) is 4.39 Å². The summed E-state index contributed by atoms with van der Waals surface area (Å²) in [6.45, 7) is 7.32. The van der Waals surface area contributed by atoms with Gasteiger partial charge in [-0.3, -0.25) is 9.59 Å². The molecule has 6 heteroatoms. The maximum atomic E-state index is 13.3. The highest BCUT2D eigenvalue weighted by atomic mass is 19.1. The third kappa shape index (κ3) is 10.1. The second-order valence-electron chi connectivity index (χ2n) is 9.08. The number of hydrogen-bond donors (Lipinski definition) is 0. The third-order valence-electron chi connectivity index (χ3n) is 5.95. The van der Waals surface area contributed by atoms with Gasteiger partial charge in [0.05, 0.1) is 13.1 Å². The van der Waals surface area contributed by atoms with Gasteiger partial charge in [-0.05, 0) is 49.6 Å². The molecule has 0 aliphatic carbocycles. The van der Waals surface area contributed by atoms with E-state index in [2.05, 4.69) is 6.92 Å². The highest BCUT2D eigenvalue weighted by Gasteiger charge is 2.22. The van der Waals surface area contributed by atoms with Crippen LogP contribution in [-0.2, 0) is 22.7 Å². The van der Waals surface area contributed by atoms with Gasteiger partial charge in [0.25, 0.3) is 0 Å². The molecule has 34 heavy (non-hydrogen) atoms. The lowest BCUT2D eigenvalue weighted by atomic mass is 10.1. The Morgan fingerprint density at radius 2 is 1.47 bits per heavy atom. The van der Waals surface area contributed by atoms with E-state index in [9.17, 15) is 14.0 Å². The number of benzene rings is 1. The predicted molar refractivity (Wildman–Crippen MR) is 134 cm³/mol. The van der Waals surface area contributed by atoms with Gasteiger partial charge in [0.1, 0.15) is 17.3 Å². The fourth-order valence-electron chi connectivity index (χ4n) is 4.02. The number of carbonyl (C=O) groups excluding carboxylic acids is 2. The summed E-state index contributed by atoms with van der Waals surface area (Å²) in [5, 5.41) is 0. The van der Waals surface area contributed by atoms with E-state index in [1.165, 1.54) is 37.8 Å². The monoisotopic (exact) mass is 472 g/mol. The van der Waals surface area contributed by atoms with E-state index in [1.54, 1.807) is 21.9 Å². The topological polar surface area (TPSA) is 53.8 Å². The standard InChI is InChI=1S/C28H41FN2O3/c1-4-6-7-8-9-10-11-12-27(32)30(19-5-2)22-28(33)31(21-26-18-13-23(3)34-26)20-24-14-16-25(29)17-15-24/h13-18H,4-12,19-22H2,1-3H3. The molecule has 0 unspecified atom stereocenters. The lowest BCUT2D eigenvalue weighted by molar-refractivity contribution is -0.141. The van der Waals surface area contributed by atoms with Crippen molar-refractivity contribution in [1.29, 1.82) is 0 Å². The van der Waals surface area contributed by atoms with E-state index >= 15 is 0 Å². The summed E-state index contributed by atoms with van der Waals surface area (Å²) in [4.78, 5) is 29.5. The summed E-state index contributed by atoms with van der Waals surface area (Å²) in [5.74, 6) is 1.05. The zero-order chi connectivity index (χ0) is 24.8. The number of furan rings is 1. The molecule has 0 fully saturated rings. The third-order valence-corrected chi connectivity index (χ3v) is 5.95. The molecule has 188 valence electrons. The Kier molecular flexibility index (Phi) is 12.4. The molecule has 0 N–H and O–H groups in total. The highest BCUT2D eigenvalue weighted by molar-refractivity contribution is 5.84. The first-order chi connectivity index (χ1) is 16.4. The first kappa shape index (κ1) is 27.6. The summed E-state index contributed by atoms with van der Waals surface area (Å²) in [5.41, 5.74) is 0.828. The van der Waals surface area contributed by atoms with Gasteiger partial charge in [-0.2, -0.15) is 0 Å². The van der Waals surface area contributed by atoms with Gasteiger partial charge in [0.15, 0.2) is 0 Å².